The van der Waals surface area contributed by atoms with E-state index in [2.05, 4.69) is 23.9 Å². The van der Waals surface area contributed by atoms with Crippen molar-refractivity contribution in [1.29, 1.82) is 0 Å². The molecule has 1 aliphatic rings. The van der Waals surface area contributed by atoms with Gasteiger partial charge in [-0.3, -0.25) is 4.79 Å². The smallest absolute Gasteiger partial charge is 0.254 e. The van der Waals surface area contributed by atoms with Crippen molar-refractivity contribution in [2.75, 3.05) is 26.7 Å². The van der Waals surface area contributed by atoms with Crippen LogP contribution in [0.3, 0.4) is 0 Å². The van der Waals surface area contributed by atoms with Crippen LogP contribution in [-0.2, 0) is 0 Å². The summed E-state index contributed by atoms with van der Waals surface area (Å²) in [6.07, 6.45) is 3.56. The highest BCUT2D eigenvalue weighted by Crippen LogP contribution is 2.17. The molecule has 1 fully saturated rings. The summed E-state index contributed by atoms with van der Waals surface area (Å²) in [6, 6.07) is 3.65. The van der Waals surface area contributed by atoms with Gasteiger partial charge >= 0.3 is 0 Å². The molecule has 1 aliphatic heterocycles. The lowest BCUT2D eigenvalue weighted by Crippen LogP contribution is -2.43. The number of hydrogen-bond donors (Lipinski definition) is 0. The number of likely N-dealkylation sites (N-methyl/N-ethyl adjacent to an activating group) is 1. The lowest BCUT2D eigenvalue weighted by atomic mass is 10.1. The fraction of sp³-hybridized carbons (Fsp3) is 0.571. The van der Waals surface area contributed by atoms with E-state index < -0.39 is 0 Å². The van der Waals surface area contributed by atoms with Crippen molar-refractivity contribution in [3.8, 4) is 0 Å². The van der Waals surface area contributed by atoms with E-state index in [4.69, 9.17) is 11.6 Å². The molecule has 0 aliphatic carbocycles. The van der Waals surface area contributed by atoms with E-state index in [9.17, 15) is 4.79 Å². The van der Waals surface area contributed by atoms with Gasteiger partial charge in [0.05, 0.1) is 0 Å². The molecule has 2 heterocycles. The molecule has 0 aromatic carbocycles. The van der Waals surface area contributed by atoms with Gasteiger partial charge in [0.15, 0.2) is 0 Å². The summed E-state index contributed by atoms with van der Waals surface area (Å²) in [5.41, 5.74) is 0.628. The SMILES string of the molecule is CCC1CN(C)CCCN1C(=O)c1ccnc(Cl)c1. The summed E-state index contributed by atoms with van der Waals surface area (Å²) >= 11 is 5.86. The number of hydrogen-bond acceptors (Lipinski definition) is 3. The number of amides is 1. The van der Waals surface area contributed by atoms with E-state index in [-0.39, 0.29) is 11.9 Å². The number of halogens is 1. The van der Waals surface area contributed by atoms with Gasteiger partial charge in [-0.1, -0.05) is 18.5 Å². The fourth-order valence-corrected chi connectivity index (χ4v) is 2.74. The topological polar surface area (TPSA) is 36.4 Å². The first-order valence-electron chi connectivity index (χ1n) is 6.73. The second-order valence-corrected chi connectivity index (χ2v) is 5.43. The maximum absolute atomic E-state index is 12.6. The van der Waals surface area contributed by atoms with Crippen LogP contribution in [0.5, 0.6) is 0 Å². The predicted molar refractivity (Wildman–Crippen MR) is 76.5 cm³/mol. The summed E-state index contributed by atoms with van der Waals surface area (Å²) in [5, 5.41) is 0.367. The zero-order chi connectivity index (χ0) is 13.8. The van der Waals surface area contributed by atoms with Gasteiger partial charge < -0.3 is 9.80 Å². The molecule has 0 N–H and O–H groups in total. The van der Waals surface area contributed by atoms with Crippen molar-refractivity contribution < 1.29 is 4.79 Å². The first kappa shape index (κ1) is 14.3. The van der Waals surface area contributed by atoms with Crippen LogP contribution in [0.15, 0.2) is 18.3 Å². The molecular formula is C14H20ClN3O. The number of carbonyl (C=O) groups is 1. The van der Waals surface area contributed by atoms with Crippen LogP contribution in [0.4, 0.5) is 0 Å². The fourth-order valence-electron chi connectivity index (χ4n) is 2.56. The minimum Gasteiger partial charge on any atom is -0.334 e. The highest BCUT2D eigenvalue weighted by atomic mass is 35.5. The van der Waals surface area contributed by atoms with Gasteiger partial charge in [-0.2, -0.15) is 0 Å². The Hall–Kier alpha value is -1.13. The molecule has 0 saturated carbocycles. The first-order chi connectivity index (χ1) is 9.11. The Labute approximate surface area is 119 Å². The molecule has 5 heteroatoms. The molecule has 1 aromatic rings. The van der Waals surface area contributed by atoms with Gasteiger partial charge in [-0.25, -0.2) is 4.98 Å². The number of rotatable bonds is 2. The number of aromatic nitrogens is 1. The molecule has 0 bridgehead atoms. The van der Waals surface area contributed by atoms with Crippen LogP contribution in [0.2, 0.25) is 5.15 Å². The lowest BCUT2D eigenvalue weighted by molar-refractivity contribution is 0.0675. The van der Waals surface area contributed by atoms with Gasteiger partial charge in [0.25, 0.3) is 5.91 Å². The number of pyridine rings is 1. The summed E-state index contributed by atoms with van der Waals surface area (Å²) in [5.74, 6) is 0.0615. The van der Waals surface area contributed by atoms with Crippen LogP contribution in [0.25, 0.3) is 0 Å². The van der Waals surface area contributed by atoms with Crippen LogP contribution < -0.4 is 0 Å². The quantitative estimate of drug-likeness (QED) is 0.781. The minimum absolute atomic E-state index is 0.0615. The Morgan fingerprint density at radius 3 is 3.00 bits per heavy atom. The zero-order valence-electron chi connectivity index (χ0n) is 11.5. The molecule has 0 radical (unpaired) electrons. The highest BCUT2D eigenvalue weighted by molar-refractivity contribution is 6.29. The van der Waals surface area contributed by atoms with Crippen LogP contribution >= 0.6 is 11.6 Å². The molecule has 2 rings (SSSR count). The van der Waals surface area contributed by atoms with Crippen molar-refractivity contribution in [1.82, 2.24) is 14.8 Å². The van der Waals surface area contributed by atoms with E-state index in [0.29, 0.717) is 10.7 Å². The highest BCUT2D eigenvalue weighted by Gasteiger charge is 2.26. The third kappa shape index (κ3) is 3.45. The molecule has 104 valence electrons. The summed E-state index contributed by atoms with van der Waals surface area (Å²) < 4.78 is 0. The van der Waals surface area contributed by atoms with Crippen LogP contribution in [0.1, 0.15) is 30.1 Å². The molecule has 1 amide bonds. The molecule has 1 aromatic heterocycles. The Balaban J connectivity index is 2.20. The molecule has 1 saturated heterocycles. The maximum Gasteiger partial charge on any atom is 0.254 e. The van der Waals surface area contributed by atoms with Crippen molar-refractivity contribution in [2.45, 2.75) is 25.8 Å². The summed E-state index contributed by atoms with van der Waals surface area (Å²) in [6.45, 7) is 4.91. The van der Waals surface area contributed by atoms with Crippen molar-refractivity contribution in [3.63, 3.8) is 0 Å². The normalized spacial score (nSPS) is 21.2. The van der Waals surface area contributed by atoms with Crippen LogP contribution in [0, 0.1) is 0 Å². The van der Waals surface area contributed by atoms with Crippen LogP contribution in [-0.4, -0.2) is 53.4 Å². The minimum atomic E-state index is 0.0615. The molecule has 19 heavy (non-hydrogen) atoms. The monoisotopic (exact) mass is 281 g/mol. The number of carbonyl (C=O) groups excluding carboxylic acids is 1. The maximum atomic E-state index is 12.6. The summed E-state index contributed by atoms with van der Waals surface area (Å²) in [7, 11) is 2.11. The van der Waals surface area contributed by atoms with Crippen molar-refractivity contribution >= 4 is 17.5 Å². The summed E-state index contributed by atoms with van der Waals surface area (Å²) in [4.78, 5) is 20.8. The number of nitrogens with zero attached hydrogens (tertiary/aromatic N) is 3. The first-order valence-corrected chi connectivity index (χ1v) is 7.10. The van der Waals surface area contributed by atoms with Crippen molar-refractivity contribution in [2.24, 2.45) is 0 Å². The molecule has 1 unspecified atom stereocenters. The van der Waals surface area contributed by atoms with Gasteiger partial charge in [-0.05, 0) is 38.6 Å². The Morgan fingerprint density at radius 1 is 1.53 bits per heavy atom. The molecule has 0 spiro atoms. The molecule has 1 atom stereocenters. The predicted octanol–water partition coefficient (Wildman–Crippen LogP) is 2.29. The van der Waals surface area contributed by atoms with Crippen molar-refractivity contribution in [3.05, 3.63) is 29.0 Å². The van der Waals surface area contributed by atoms with E-state index in [0.717, 1.165) is 32.5 Å². The Kier molecular flexibility index (Phi) is 4.77. The largest absolute Gasteiger partial charge is 0.334 e. The molecular weight excluding hydrogens is 262 g/mol. The second-order valence-electron chi connectivity index (χ2n) is 5.04. The molecule has 4 nitrogen and oxygen atoms in total. The van der Waals surface area contributed by atoms with Gasteiger partial charge in [0.1, 0.15) is 5.15 Å². The van der Waals surface area contributed by atoms with E-state index in [1.165, 1.54) is 0 Å². The Morgan fingerprint density at radius 2 is 2.32 bits per heavy atom. The third-order valence-electron chi connectivity index (χ3n) is 3.61. The van der Waals surface area contributed by atoms with Gasteiger partial charge in [0.2, 0.25) is 0 Å². The lowest BCUT2D eigenvalue weighted by Gasteiger charge is -2.30. The van der Waals surface area contributed by atoms with Gasteiger partial charge in [-0.15, -0.1) is 0 Å². The average molecular weight is 282 g/mol. The third-order valence-corrected chi connectivity index (χ3v) is 3.81. The average Bonchev–Trinajstić information content (AvgIpc) is 2.59. The second kappa shape index (κ2) is 6.35. The van der Waals surface area contributed by atoms with E-state index in [1.54, 1.807) is 18.3 Å². The van der Waals surface area contributed by atoms with E-state index in [1.807, 2.05) is 4.90 Å². The Bertz CT molecular complexity index is 452. The standard InChI is InChI=1S/C14H20ClN3O/c1-3-12-10-17(2)7-4-8-18(12)14(19)11-5-6-16-13(15)9-11/h5-6,9,12H,3-4,7-8,10H2,1-2H3. The van der Waals surface area contributed by atoms with Gasteiger partial charge in [0, 0.05) is 30.9 Å². The van der Waals surface area contributed by atoms with E-state index >= 15 is 0 Å². The zero-order valence-corrected chi connectivity index (χ0v) is 12.2.